The van der Waals surface area contributed by atoms with Crippen LogP contribution in [-0.4, -0.2) is 23.6 Å². The highest BCUT2D eigenvalue weighted by Gasteiger charge is 2.22. The molecule has 1 N–H and O–H groups in total. The van der Waals surface area contributed by atoms with Crippen molar-refractivity contribution in [3.8, 4) is 0 Å². The molecule has 0 radical (unpaired) electrons. The first-order valence-corrected chi connectivity index (χ1v) is 7.55. The van der Waals surface area contributed by atoms with E-state index in [0.717, 1.165) is 35.5 Å². The van der Waals surface area contributed by atoms with E-state index in [1.807, 2.05) is 7.05 Å². The largest absolute Gasteiger partial charge is 0.372 e. The summed E-state index contributed by atoms with van der Waals surface area (Å²) in [6.07, 6.45) is 3.88. The molecule has 5 heteroatoms. The molecule has 0 unspecified atom stereocenters. The standard InChI is InChI=1S/C15H17BrN4/c1-10-5-6-12-11(8-10)4-3-7-20(12)15-13(16)14(17-2)18-9-19-15/h5-6,8-9H,3-4,7H2,1-2H3,(H,17,18,19). The summed E-state index contributed by atoms with van der Waals surface area (Å²) in [6.45, 7) is 3.12. The number of hydrogen-bond acceptors (Lipinski definition) is 4. The Hall–Kier alpha value is -1.62. The van der Waals surface area contributed by atoms with E-state index in [4.69, 9.17) is 0 Å². The Balaban J connectivity index is 2.09. The minimum atomic E-state index is 0.814. The zero-order valence-corrected chi connectivity index (χ0v) is 13.2. The topological polar surface area (TPSA) is 41.1 Å². The predicted molar refractivity (Wildman–Crippen MR) is 85.8 cm³/mol. The maximum absolute atomic E-state index is 4.46. The lowest BCUT2D eigenvalue weighted by Gasteiger charge is -2.31. The van der Waals surface area contributed by atoms with Crippen molar-refractivity contribution in [1.82, 2.24) is 9.97 Å². The first kappa shape index (κ1) is 13.4. The molecule has 1 aliphatic heterocycles. The van der Waals surface area contributed by atoms with Crippen molar-refractivity contribution < 1.29 is 0 Å². The maximum atomic E-state index is 4.46. The average Bonchev–Trinajstić information content (AvgIpc) is 2.46. The average molecular weight is 333 g/mol. The molecule has 0 fully saturated rings. The molecule has 1 aliphatic rings. The summed E-state index contributed by atoms with van der Waals surface area (Å²) in [7, 11) is 1.87. The van der Waals surface area contributed by atoms with Crippen LogP contribution in [0.5, 0.6) is 0 Å². The number of nitrogens with zero attached hydrogens (tertiary/aromatic N) is 3. The van der Waals surface area contributed by atoms with Crippen molar-refractivity contribution in [3.05, 3.63) is 40.1 Å². The highest BCUT2D eigenvalue weighted by Crippen LogP contribution is 2.38. The molecule has 2 heterocycles. The van der Waals surface area contributed by atoms with Gasteiger partial charge in [0.15, 0.2) is 5.82 Å². The minimum absolute atomic E-state index is 0.814. The number of anilines is 3. The van der Waals surface area contributed by atoms with Crippen LogP contribution in [0.25, 0.3) is 0 Å². The Morgan fingerprint density at radius 1 is 1.30 bits per heavy atom. The number of fused-ring (bicyclic) bond motifs is 1. The molecule has 104 valence electrons. The third-order valence-electron chi connectivity index (χ3n) is 3.62. The summed E-state index contributed by atoms with van der Waals surface area (Å²) in [4.78, 5) is 11.0. The highest BCUT2D eigenvalue weighted by atomic mass is 79.9. The second-order valence-electron chi connectivity index (χ2n) is 5.00. The van der Waals surface area contributed by atoms with E-state index in [9.17, 15) is 0 Å². The fraction of sp³-hybridized carbons (Fsp3) is 0.333. The van der Waals surface area contributed by atoms with Crippen molar-refractivity contribution in [2.45, 2.75) is 19.8 Å². The van der Waals surface area contributed by atoms with Crippen LogP contribution in [0.1, 0.15) is 17.5 Å². The Morgan fingerprint density at radius 2 is 2.15 bits per heavy atom. The second kappa shape index (κ2) is 5.40. The van der Waals surface area contributed by atoms with Crippen molar-refractivity contribution in [1.29, 1.82) is 0 Å². The van der Waals surface area contributed by atoms with Crippen LogP contribution in [0, 0.1) is 6.92 Å². The van der Waals surface area contributed by atoms with Crippen LogP contribution in [0.4, 0.5) is 17.3 Å². The molecule has 0 saturated carbocycles. The van der Waals surface area contributed by atoms with Crippen molar-refractivity contribution in [3.63, 3.8) is 0 Å². The molecular weight excluding hydrogens is 316 g/mol. The molecule has 0 saturated heterocycles. The summed E-state index contributed by atoms with van der Waals surface area (Å²) < 4.78 is 0.913. The Bertz CT molecular complexity index is 642. The van der Waals surface area contributed by atoms with Gasteiger partial charge in [-0.05, 0) is 47.3 Å². The second-order valence-corrected chi connectivity index (χ2v) is 5.79. The summed E-state index contributed by atoms with van der Waals surface area (Å²) in [5, 5.41) is 3.08. The van der Waals surface area contributed by atoms with E-state index in [1.54, 1.807) is 6.33 Å². The van der Waals surface area contributed by atoms with Crippen molar-refractivity contribution >= 4 is 33.3 Å². The summed E-state index contributed by atoms with van der Waals surface area (Å²) in [6, 6.07) is 6.62. The van der Waals surface area contributed by atoms with Crippen LogP contribution in [0.3, 0.4) is 0 Å². The molecule has 0 spiro atoms. The minimum Gasteiger partial charge on any atom is -0.372 e. The van der Waals surface area contributed by atoms with E-state index < -0.39 is 0 Å². The Morgan fingerprint density at radius 3 is 2.95 bits per heavy atom. The molecule has 0 bridgehead atoms. The molecule has 0 aliphatic carbocycles. The molecule has 0 amide bonds. The third kappa shape index (κ3) is 2.26. The van der Waals surface area contributed by atoms with Gasteiger partial charge in [0.2, 0.25) is 0 Å². The van der Waals surface area contributed by atoms with Gasteiger partial charge in [0, 0.05) is 19.3 Å². The van der Waals surface area contributed by atoms with Gasteiger partial charge in [0.05, 0.1) is 0 Å². The number of halogens is 1. The molecule has 1 aromatic carbocycles. The van der Waals surface area contributed by atoms with Crippen LogP contribution < -0.4 is 10.2 Å². The lowest BCUT2D eigenvalue weighted by molar-refractivity contribution is 0.756. The first-order chi connectivity index (χ1) is 9.70. The Kier molecular flexibility index (Phi) is 3.61. The van der Waals surface area contributed by atoms with Gasteiger partial charge in [-0.1, -0.05) is 17.7 Å². The van der Waals surface area contributed by atoms with Crippen LogP contribution in [0.15, 0.2) is 29.0 Å². The van der Waals surface area contributed by atoms with Gasteiger partial charge in [-0.15, -0.1) is 0 Å². The molecule has 2 aromatic rings. The quantitative estimate of drug-likeness (QED) is 0.910. The zero-order chi connectivity index (χ0) is 14.1. The number of rotatable bonds is 2. The number of hydrogen-bond donors (Lipinski definition) is 1. The fourth-order valence-corrected chi connectivity index (χ4v) is 3.29. The molecule has 1 aromatic heterocycles. The van der Waals surface area contributed by atoms with Crippen LogP contribution in [0.2, 0.25) is 0 Å². The highest BCUT2D eigenvalue weighted by molar-refractivity contribution is 9.10. The lowest BCUT2D eigenvalue weighted by atomic mass is 9.99. The van der Waals surface area contributed by atoms with Gasteiger partial charge in [0.25, 0.3) is 0 Å². The fourth-order valence-electron chi connectivity index (χ4n) is 2.67. The van der Waals surface area contributed by atoms with Gasteiger partial charge in [-0.2, -0.15) is 0 Å². The molecule has 0 atom stereocenters. The van der Waals surface area contributed by atoms with Crippen LogP contribution in [-0.2, 0) is 6.42 Å². The molecule has 4 nitrogen and oxygen atoms in total. The van der Waals surface area contributed by atoms with Crippen molar-refractivity contribution in [2.75, 3.05) is 23.8 Å². The van der Waals surface area contributed by atoms with E-state index in [-0.39, 0.29) is 0 Å². The number of aryl methyl sites for hydroxylation is 2. The summed E-state index contributed by atoms with van der Waals surface area (Å²) in [5.41, 5.74) is 3.96. The monoisotopic (exact) mass is 332 g/mol. The van der Waals surface area contributed by atoms with Gasteiger partial charge in [-0.25, -0.2) is 9.97 Å². The normalized spacial score (nSPS) is 14.1. The lowest BCUT2D eigenvalue weighted by Crippen LogP contribution is -2.26. The molecule has 20 heavy (non-hydrogen) atoms. The molecular formula is C15H17BrN4. The first-order valence-electron chi connectivity index (χ1n) is 6.76. The maximum Gasteiger partial charge on any atom is 0.152 e. The zero-order valence-electron chi connectivity index (χ0n) is 11.7. The van der Waals surface area contributed by atoms with Gasteiger partial charge >= 0.3 is 0 Å². The number of nitrogens with one attached hydrogen (secondary N) is 1. The molecule has 3 rings (SSSR count). The summed E-state index contributed by atoms with van der Waals surface area (Å²) >= 11 is 3.61. The van der Waals surface area contributed by atoms with Gasteiger partial charge in [0.1, 0.15) is 16.6 Å². The summed E-state index contributed by atoms with van der Waals surface area (Å²) in [5.74, 6) is 1.74. The number of benzene rings is 1. The number of aromatic nitrogens is 2. The van der Waals surface area contributed by atoms with E-state index in [0.29, 0.717) is 0 Å². The van der Waals surface area contributed by atoms with Crippen molar-refractivity contribution in [2.24, 2.45) is 0 Å². The van der Waals surface area contributed by atoms with E-state index in [1.165, 1.54) is 16.8 Å². The van der Waals surface area contributed by atoms with Gasteiger partial charge < -0.3 is 10.2 Å². The van der Waals surface area contributed by atoms with E-state index in [2.05, 4.69) is 61.2 Å². The third-order valence-corrected chi connectivity index (χ3v) is 4.35. The van der Waals surface area contributed by atoms with Crippen LogP contribution >= 0.6 is 15.9 Å². The van der Waals surface area contributed by atoms with Gasteiger partial charge in [-0.3, -0.25) is 0 Å². The van der Waals surface area contributed by atoms with E-state index >= 15 is 0 Å². The predicted octanol–water partition coefficient (Wildman–Crippen LogP) is 3.67. The SMILES string of the molecule is CNc1ncnc(N2CCCc3cc(C)ccc32)c1Br. The smallest absolute Gasteiger partial charge is 0.152 e. The Labute approximate surface area is 127 Å².